The quantitative estimate of drug-likeness (QED) is 0.943. The molecule has 2 heterocycles. The van der Waals surface area contributed by atoms with Gasteiger partial charge in [0.05, 0.1) is 0 Å². The molecule has 5 heteroatoms. The highest BCUT2D eigenvalue weighted by molar-refractivity contribution is 6.30. The average Bonchev–Trinajstić information content (AvgIpc) is 2.94. The van der Waals surface area contributed by atoms with Crippen molar-refractivity contribution >= 4 is 17.5 Å². The molecule has 0 saturated carbocycles. The van der Waals surface area contributed by atoms with E-state index in [0.29, 0.717) is 6.54 Å². The smallest absolute Gasteiger partial charge is 0.223 e. The summed E-state index contributed by atoms with van der Waals surface area (Å²) < 4.78 is 2.12. The molecular formula is C16H18ClN3O. The van der Waals surface area contributed by atoms with Gasteiger partial charge in [-0.15, -0.1) is 0 Å². The molecule has 0 bridgehead atoms. The molecular weight excluding hydrogens is 286 g/mol. The Balaban J connectivity index is 1.49. The number of aromatic nitrogens is 2. The predicted molar refractivity (Wildman–Crippen MR) is 82.2 cm³/mol. The average molecular weight is 304 g/mol. The molecule has 1 aromatic heterocycles. The van der Waals surface area contributed by atoms with E-state index in [1.54, 1.807) is 6.20 Å². The fourth-order valence-electron chi connectivity index (χ4n) is 2.74. The maximum Gasteiger partial charge on any atom is 0.223 e. The fraction of sp³-hybridized carbons (Fsp3) is 0.375. The predicted octanol–water partition coefficient (Wildman–Crippen LogP) is 2.46. The maximum absolute atomic E-state index is 12.2. The minimum atomic E-state index is 0.0410. The third-order valence-electron chi connectivity index (χ3n) is 3.92. The standard InChI is InChI=1S/C16H18ClN3O/c17-14-3-1-2-12(10-14)4-6-19-16(21)13-5-8-20-9-7-18-15(20)11-13/h1-3,7,9-10,13H,4-6,8,11H2,(H,19,21). The van der Waals surface area contributed by atoms with Gasteiger partial charge in [0.25, 0.3) is 0 Å². The molecule has 1 N–H and O–H groups in total. The Morgan fingerprint density at radius 3 is 3.24 bits per heavy atom. The Bertz CT molecular complexity index is 638. The Morgan fingerprint density at radius 1 is 1.48 bits per heavy atom. The summed E-state index contributed by atoms with van der Waals surface area (Å²) in [4.78, 5) is 16.5. The second-order valence-corrected chi connectivity index (χ2v) is 5.83. The first kappa shape index (κ1) is 14.1. The molecule has 1 aliphatic heterocycles. The van der Waals surface area contributed by atoms with Crippen LogP contribution in [0, 0.1) is 5.92 Å². The zero-order valence-corrected chi connectivity index (χ0v) is 12.5. The van der Waals surface area contributed by atoms with Crippen molar-refractivity contribution in [1.29, 1.82) is 0 Å². The first-order valence-electron chi connectivity index (χ1n) is 7.24. The Labute approximate surface area is 129 Å². The van der Waals surface area contributed by atoms with Crippen LogP contribution in [0.3, 0.4) is 0 Å². The molecule has 3 rings (SSSR count). The molecule has 1 unspecified atom stereocenters. The first-order chi connectivity index (χ1) is 10.2. The van der Waals surface area contributed by atoms with Crippen LogP contribution in [0.2, 0.25) is 5.02 Å². The lowest BCUT2D eigenvalue weighted by molar-refractivity contribution is -0.125. The van der Waals surface area contributed by atoms with E-state index in [4.69, 9.17) is 11.6 Å². The third kappa shape index (κ3) is 3.45. The van der Waals surface area contributed by atoms with Gasteiger partial charge in [0.2, 0.25) is 5.91 Å². The van der Waals surface area contributed by atoms with Gasteiger partial charge in [-0.05, 0) is 30.5 Å². The van der Waals surface area contributed by atoms with Gasteiger partial charge in [0, 0.05) is 42.8 Å². The lowest BCUT2D eigenvalue weighted by Gasteiger charge is -2.22. The molecule has 0 aliphatic carbocycles. The van der Waals surface area contributed by atoms with Gasteiger partial charge in [-0.3, -0.25) is 4.79 Å². The Morgan fingerprint density at radius 2 is 2.38 bits per heavy atom. The number of nitrogens with one attached hydrogen (secondary N) is 1. The van der Waals surface area contributed by atoms with Gasteiger partial charge in [-0.2, -0.15) is 0 Å². The highest BCUT2D eigenvalue weighted by atomic mass is 35.5. The molecule has 2 aromatic rings. The van der Waals surface area contributed by atoms with E-state index >= 15 is 0 Å². The summed E-state index contributed by atoms with van der Waals surface area (Å²) in [6, 6.07) is 7.74. The van der Waals surface area contributed by atoms with E-state index in [9.17, 15) is 4.79 Å². The van der Waals surface area contributed by atoms with Crippen molar-refractivity contribution in [2.24, 2.45) is 5.92 Å². The maximum atomic E-state index is 12.2. The van der Waals surface area contributed by atoms with E-state index in [0.717, 1.165) is 42.2 Å². The minimum absolute atomic E-state index is 0.0410. The Hall–Kier alpha value is -1.81. The highest BCUT2D eigenvalue weighted by Crippen LogP contribution is 2.19. The number of amides is 1. The van der Waals surface area contributed by atoms with Crippen molar-refractivity contribution in [3.63, 3.8) is 0 Å². The van der Waals surface area contributed by atoms with Crippen LogP contribution in [-0.4, -0.2) is 22.0 Å². The lowest BCUT2D eigenvalue weighted by atomic mass is 9.97. The lowest BCUT2D eigenvalue weighted by Crippen LogP contribution is -2.36. The van der Waals surface area contributed by atoms with Gasteiger partial charge >= 0.3 is 0 Å². The SMILES string of the molecule is O=C(NCCc1cccc(Cl)c1)C1CCn2ccnc2C1. The van der Waals surface area contributed by atoms with E-state index in [2.05, 4.69) is 14.9 Å². The first-order valence-corrected chi connectivity index (χ1v) is 7.62. The Kier molecular flexibility index (Phi) is 4.25. The normalized spacial score (nSPS) is 17.3. The molecule has 1 atom stereocenters. The van der Waals surface area contributed by atoms with Gasteiger partial charge in [0.15, 0.2) is 0 Å². The number of rotatable bonds is 4. The number of aryl methyl sites for hydroxylation is 1. The summed E-state index contributed by atoms with van der Waals surface area (Å²) in [5, 5.41) is 3.76. The van der Waals surface area contributed by atoms with Gasteiger partial charge in [-0.1, -0.05) is 23.7 Å². The molecule has 1 aromatic carbocycles. The summed E-state index contributed by atoms with van der Waals surface area (Å²) in [6.45, 7) is 1.52. The van der Waals surface area contributed by atoms with Crippen molar-refractivity contribution in [3.05, 3.63) is 53.1 Å². The van der Waals surface area contributed by atoms with Gasteiger partial charge < -0.3 is 9.88 Å². The van der Waals surface area contributed by atoms with Crippen LogP contribution in [0.5, 0.6) is 0 Å². The summed E-state index contributed by atoms with van der Waals surface area (Å²) in [7, 11) is 0. The van der Waals surface area contributed by atoms with Crippen molar-refractivity contribution in [2.45, 2.75) is 25.8 Å². The molecule has 0 radical (unpaired) electrons. The van der Waals surface area contributed by atoms with Crippen molar-refractivity contribution in [2.75, 3.05) is 6.54 Å². The fourth-order valence-corrected chi connectivity index (χ4v) is 2.95. The summed E-state index contributed by atoms with van der Waals surface area (Å²) >= 11 is 5.95. The number of halogens is 1. The number of carbonyl (C=O) groups excluding carboxylic acids is 1. The molecule has 0 fully saturated rings. The second-order valence-electron chi connectivity index (χ2n) is 5.40. The number of hydrogen-bond acceptors (Lipinski definition) is 2. The van der Waals surface area contributed by atoms with Crippen LogP contribution in [-0.2, 0) is 24.2 Å². The zero-order chi connectivity index (χ0) is 14.7. The minimum Gasteiger partial charge on any atom is -0.356 e. The van der Waals surface area contributed by atoms with Crippen molar-refractivity contribution < 1.29 is 4.79 Å². The van der Waals surface area contributed by atoms with Gasteiger partial charge in [-0.25, -0.2) is 4.98 Å². The van der Waals surface area contributed by atoms with E-state index in [-0.39, 0.29) is 11.8 Å². The monoisotopic (exact) mass is 303 g/mol. The van der Waals surface area contributed by atoms with Crippen LogP contribution in [0.25, 0.3) is 0 Å². The molecule has 21 heavy (non-hydrogen) atoms. The van der Waals surface area contributed by atoms with Crippen molar-refractivity contribution in [3.8, 4) is 0 Å². The number of fused-ring (bicyclic) bond motifs is 1. The summed E-state index contributed by atoms with van der Waals surface area (Å²) in [5.41, 5.74) is 1.14. The number of nitrogens with zero attached hydrogens (tertiary/aromatic N) is 2. The molecule has 1 aliphatic rings. The van der Waals surface area contributed by atoms with Crippen LogP contribution in [0.15, 0.2) is 36.7 Å². The van der Waals surface area contributed by atoms with Crippen LogP contribution in [0.1, 0.15) is 17.8 Å². The van der Waals surface area contributed by atoms with Gasteiger partial charge in [0.1, 0.15) is 5.82 Å². The second kappa shape index (κ2) is 6.31. The molecule has 1 amide bonds. The van der Waals surface area contributed by atoms with E-state index in [1.807, 2.05) is 30.5 Å². The highest BCUT2D eigenvalue weighted by Gasteiger charge is 2.24. The number of carbonyl (C=O) groups is 1. The zero-order valence-electron chi connectivity index (χ0n) is 11.8. The molecule has 0 saturated heterocycles. The summed E-state index contributed by atoms with van der Waals surface area (Å²) in [6.07, 6.45) is 6.19. The van der Waals surface area contributed by atoms with Crippen LogP contribution >= 0.6 is 11.6 Å². The molecule has 4 nitrogen and oxygen atoms in total. The molecule has 0 spiro atoms. The van der Waals surface area contributed by atoms with Crippen LogP contribution in [0.4, 0.5) is 0 Å². The number of imidazole rings is 1. The largest absolute Gasteiger partial charge is 0.356 e. The van der Waals surface area contributed by atoms with Crippen molar-refractivity contribution in [1.82, 2.24) is 14.9 Å². The summed E-state index contributed by atoms with van der Waals surface area (Å²) in [5.74, 6) is 1.18. The number of hydrogen-bond donors (Lipinski definition) is 1. The van der Waals surface area contributed by atoms with E-state index in [1.165, 1.54) is 0 Å². The number of benzene rings is 1. The topological polar surface area (TPSA) is 46.9 Å². The third-order valence-corrected chi connectivity index (χ3v) is 4.16. The van der Waals surface area contributed by atoms with Crippen LogP contribution < -0.4 is 5.32 Å². The van der Waals surface area contributed by atoms with E-state index < -0.39 is 0 Å². The molecule has 110 valence electrons.